The highest BCUT2D eigenvalue weighted by Gasteiger charge is 2.34. The van der Waals surface area contributed by atoms with E-state index in [4.69, 9.17) is 5.73 Å². The normalized spacial score (nSPS) is 26.4. The predicted molar refractivity (Wildman–Crippen MR) is 75.3 cm³/mol. The topological polar surface area (TPSA) is 49.6 Å². The third kappa shape index (κ3) is 3.45. The summed E-state index contributed by atoms with van der Waals surface area (Å²) in [5.41, 5.74) is 5.98. The van der Waals surface area contributed by atoms with Crippen molar-refractivity contribution in [2.75, 3.05) is 21.1 Å². The van der Waals surface area contributed by atoms with Gasteiger partial charge in [0.15, 0.2) is 0 Å². The SMILES string of the molecule is CC(C)[C@H](N)C(=O)N(C)[C@H]1CCCC[C@H]1N(C)C. The highest BCUT2D eigenvalue weighted by molar-refractivity contribution is 5.82. The molecule has 0 saturated heterocycles. The average Bonchev–Trinajstić information content (AvgIpc) is 2.35. The van der Waals surface area contributed by atoms with Crippen molar-refractivity contribution in [1.29, 1.82) is 0 Å². The van der Waals surface area contributed by atoms with E-state index in [1.54, 1.807) is 0 Å². The lowest BCUT2D eigenvalue weighted by molar-refractivity contribution is -0.136. The van der Waals surface area contributed by atoms with Crippen molar-refractivity contribution in [3.05, 3.63) is 0 Å². The van der Waals surface area contributed by atoms with E-state index in [-0.39, 0.29) is 17.9 Å². The van der Waals surface area contributed by atoms with E-state index in [0.29, 0.717) is 12.1 Å². The van der Waals surface area contributed by atoms with Crippen molar-refractivity contribution in [2.24, 2.45) is 11.7 Å². The lowest BCUT2D eigenvalue weighted by atomic mass is 9.88. The smallest absolute Gasteiger partial charge is 0.239 e. The van der Waals surface area contributed by atoms with E-state index in [0.717, 1.165) is 6.42 Å². The van der Waals surface area contributed by atoms with E-state index < -0.39 is 0 Å². The second-order valence-electron chi connectivity index (χ2n) is 6.10. The lowest BCUT2D eigenvalue weighted by Gasteiger charge is -2.42. The summed E-state index contributed by atoms with van der Waals surface area (Å²) in [6, 6.07) is 0.401. The zero-order valence-electron chi connectivity index (χ0n) is 12.5. The maximum atomic E-state index is 12.3. The van der Waals surface area contributed by atoms with Crippen LogP contribution in [0.25, 0.3) is 0 Å². The zero-order chi connectivity index (χ0) is 13.9. The minimum atomic E-state index is -0.375. The van der Waals surface area contributed by atoms with Crippen LogP contribution in [0.3, 0.4) is 0 Å². The van der Waals surface area contributed by atoms with Crippen LogP contribution in [0.15, 0.2) is 0 Å². The summed E-state index contributed by atoms with van der Waals surface area (Å²) in [6.45, 7) is 4.00. The number of hydrogen-bond donors (Lipinski definition) is 1. The number of hydrogen-bond acceptors (Lipinski definition) is 3. The summed E-state index contributed by atoms with van der Waals surface area (Å²) in [5.74, 6) is 0.282. The van der Waals surface area contributed by atoms with Crippen molar-refractivity contribution in [1.82, 2.24) is 9.80 Å². The maximum Gasteiger partial charge on any atom is 0.239 e. The first-order valence-electron chi connectivity index (χ1n) is 7.05. The molecule has 3 atom stereocenters. The van der Waals surface area contributed by atoms with Gasteiger partial charge in [-0.3, -0.25) is 4.79 Å². The third-order valence-corrected chi connectivity index (χ3v) is 4.21. The van der Waals surface area contributed by atoms with Gasteiger partial charge in [-0.1, -0.05) is 26.7 Å². The van der Waals surface area contributed by atoms with Crippen LogP contribution in [0, 0.1) is 5.92 Å². The second kappa shape index (κ2) is 6.53. The molecule has 1 amide bonds. The Morgan fingerprint density at radius 3 is 2.06 bits per heavy atom. The van der Waals surface area contributed by atoms with Crippen LogP contribution in [0.2, 0.25) is 0 Å². The number of nitrogens with zero attached hydrogens (tertiary/aromatic N) is 2. The lowest BCUT2D eigenvalue weighted by Crippen LogP contribution is -2.56. The molecule has 4 heteroatoms. The monoisotopic (exact) mass is 255 g/mol. The van der Waals surface area contributed by atoms with Gasteiger partial charge in [0.1, 0.15) is 0 Å². The zero-order valence-corrected chi connectivity index (χ0v) is 12.5. The first-order chi connectivity index (χ1) is 8.36. The molecule has 18 heavy (non-hydrogen) atoms. The molecule has 0 aliphatic heterocycles. The van der Waals surface area contributed by atoms with Crippen LogP contribution in [0.5, 0.6) is 0 Å². The molecule has 0 radical (unpaired) electrons. The Labute approximate surface area is 111 Å². The minimum Gasteiger partial charge on any atom is -0.340 e. The Morgan fingerprint density at radius 2 is 1.61 bits per heavy atom. The molecule has 1 aliphatic rings. The molecule has 0 aromatic carbocycles. The fourth-order valence-electron chi connectivity index (χ4n) is 2.83. The van der Waals surface area contributed by atoms with Crippen LogP contribution in [0.1, 0.15) is 39.5 Å². The maximum absolute atomic E-state index is 12.3. The van der Waals surface area contributed by atoms with Crippen molar-refractivity contribution in [3.8, 4) is 0 Å². The summed E-state index contributed by atoms with van der Waals surface area (Å²) >= 11 is 0. The Bertz CT molecular complexity index is 278. The van der Waals surface area contributed by atoms with E-state index in [2.05, 4.69) is 19.0 Å². The van der Waals surface area contributed by atoms with Gasteiger partial charge in [-0.2, -0.15) is 0 Å². The number of nitrogens with two attached hydrogens (primary N) is 1. The summed E-state index contributed by atoms with van der Waals surface area (Å²) in [4.78, 5) is 16.5. The van der Waals surface area contributed by atoms with Crippen LogP contribution in [-0.4, -0.2) is 55.0 Å². The minimum absolute atomic E-state index is 0.0868. The molecule has 1 rings (SSSR count). The summed E-state index contributed by atoms with van der Waals surface area (Å²) < 4.78 is 0. The molecule has 0 bridgehead atoms. The molecule has 0 heterocycles. The van der Waals surface area contributed by atoms with E-state index in [1.165, 1.54) is 19.3 Å². The highest BCUT2D eigenvalue weighted by atomic mass is 16.2. The molecule has 106 valence electrons. The number of carbonyl (C=O) groups is 1. The van der Waals surface area contributed by atoms with Crippen molar-refractivity contribution in [2.45, 2.75) is 57.7 Å². The standard InChI is InChI=1S/C14H29N3O/c1-10(2)13(15)14(18)17(5)12-9-7-6-8-11(12)16(3)4/h10-13H,6-9,15H2,1-5H3/t11-,12+,13+/m1/s1. The molecule has 0 unspecified atom stereocenters. The van der Waals surface area contributed by atoms with E-state index in [9.17, 15) is 4.79 Å². The molecule has 0 aromatic rings. The first kappa shape index (κ1) is 15.4. The Kier molecular flexibility index (Phi) is 5.60. The molecule has 2 N–H and O–H groups in total. The van der Waals surface area contributed by atoms with Gasteiger partial charge in [0.2, 0.25) is 5.91 Å². The molecular formula is C14H29N3O. The third-order valence-electron chi connectivity index (χ3n) is 4.21. The largest absolute Gasteiger partial charge is 0.340 e. The van der Waals surface area contributed by atoms with Gasteiger partial charge in [0.05, 0.1) is 6.04 Å². The molecule has 1 fully saturated rings. The Hall–Kier alpha value is -0.610. The van der Waals surface area contributed by atoms with Gasteiger partial charge in [0.25, 0.3) is 0 Å². The average molecular weight is 255 g/mol. The van der Waals surface area contributed by atoms with Gasteiger partial charge in [-0.05, 0) is 32.9 Å². The van der Waals surface area contributed by atoms with Gasteiger partial charge >= 0.3 is 0 Å². The van der Waals surface area contributed by atoms with E-state index >= 15 is 0 Å². The molecule has 1 aliphatic carbocycles. The molecular weight excluding hydrogens is 226 g/mol. The van der Waals surface area contributed by atoms with Crippen LogP contribution in [0.4, 0.5) is 0 Å². The first-order valence-corrected chi connectivity index (χ1v) is 7.05. The number of rotatable bonds is 4. The van der Waals surface area contributed by atoms with Crippen LogP contribution >= 0.6 is 0 Å². The second-order valence-corrected chi connectivity index (χ2v) is 6.10. The highest BCUT2D eigenvalue weighted by Crippen LogP contribution is 2.26. The Balaban J connectivity index is 2.74. The number of amides is 1. The van der Waals surface area contributed by atoms with Gasteiger partial charge in [0, 0.05) is 19.1 Å². The van der Waals surface area contributed by atoms with Crippen molar-refractivity contribution >= 4 is 5.91 Å². The van der Waals surface area contributed by atoms with Gasteiger partial charge in [-0.25, -0.2) is 0 Å². The summed E-state index contributed by atoms with van der Waals surface area (Å²) in [6.07, 6.45) is 4.74. The molecule has 0 spiro atoms. The number of carbonyl (C=O) groups excluding carboxylic acids is 1. The molecule has 4 nitrogen and oxygen atoms in total. The van der Waals surface area contributed by atoms with Gasteiger partial charge in [-0.15, -0.1) is 0 Å². The van der Waals surface area contributed by atoms with E-state index in [1.807, 2.05) is 25.8 Å². The van der Waals surface area contributed by atoms with Crippen LogP contribution in [-0.2, 0) is 4.79 Å². The Morgan fingerprint density at radius 1 is 1.11 bits per heavy atom. The quantitative estimate of drug-likeness (QED) is 0.824. The van der Waals surface area contributed by atoms with Gasteiger partial charge < -0.3 is 15.5 Å². The van der Waals surface area contributed by atoms with Crippen LogP contribution < -0.4 is 5.73 Å². The summed E-state index contributed by atoms with van der Waals surface area (Å²) in [7, 11) is 6.12. The fraction of sp³-hybridized carbons (Fsp3) is 0.929. The van der Waals surface area contributed by atoms with Crippen molar-refractivity contribution < 1.29 is 4.79 Å². The van der Waals surface area contributed by atoms with Crippen molar-refractivity contribution in [3.63, 3.8) is 0 Å². The fourth-order valence-corrected chi connectivity index (χ4v) is 2.83. The molecule has 1 saturated carbocycles. The molecule has 0 aromatic heterocycles. The predicted octanol–water partition coefficient (Wildman–Crippen LogP) is 1.30. The number of likely N-dealkylation sites (N-methyl/N-ethyl adjacent to an activating group) is 2. The summed E-state index contributed by atoms with van der Waals surface area (Å²) in [5, 5.41) is 0.